The van der Waals surface area contributed by atoms with E-state index in [9.17, 15) is 9.90 Å². The van der Waals surface area contributed by atoms with Crippen molar-refractivity contribution in [1.82, 2.24) is 0 Å². The zero-order chi connectivity index (χ0) is 11.5. The molecule has 0 heterocycles. The van der Waals surface area contributed by atoms with Crippen LogP contribution in [0, 0.1) is 5.92 Å². The Morgan fingerprint density at radius 2 is 1.94 bits per heavy atom. The Labute approximate surface area is 100 Å². The van der Waals surface area contributed by atoms with Crippen LogP contribution in [0.2, 0.25) is 5.02 Å². The molecule has 0 bridgehead atoms. The first-order valence-electron chi connectivity index (χ1n) is 5.65. The molecule has 0 aliphatic heterocycles. The molecule has 1 aromatic carbocycles. The van der Waals surface area contributed by atoms with Gasteiger partial charge in [0.05, 0.1) is 6.10 Å². The third-order valence-corrected chi connectivity index (χ3v) is 3.45. The van der Waals surface area contributed by atoms with Crippen LogP contribution >= 0.6 is 11.6 Å². The first kappa shape index (κ1) is 11.6. The standard InChI is InChI=1S/C13H15ClO2/c14-10-7-5-9(6-8-10)13(16)11-3-1-2-4-12(11)15/h5-8,11,13,16H,1-4H2/t11-,13+/m0/s1. The highest BCUT2D eigenvalue weighted by molar-refractivity contribution is 6.30. The van der Waals surface area contributed by atoms with Gasteiger partial charge in [0, 0.05) is 17.4 Å². The van der Waals surface area contributed by atoms with Gasteiger partial charge in [-0.05, 0) is 30.5 Å². The SMILES string of the molecule is O=C1CCCC[C@@H]1[C@H](O)c1ccc(Cl)cc1. The molecule has 1 saturated carbocycles. The van der Waals surface area contributed by atoms with E-state index in [4.69, 9.17) is 11.6 Å². The Morgan fingerprint density at radius 1 is 1.25 bits per heavy atom. The minimum Gasteiger partial charge on any atom is -0.388 e. The van der Waals surface area contributed by atoms with Crippen molar-refractivity contribution in [2.45, 2.75) is 31.8 Å². The molecule has 2 atom stereocenters. The quantitative estimate of drug-likeness (QED) is 0.860. The van der Waals surface area contributed by atoms with Gasteiger partial charge < -0.3 is 5.11 Å². The number of aliphatic hydroxyl groups excluding tert-OH is 1. The van der Waals surface area contributed by atoms with Crippen molar-refractivity contribution in [2.24, 2.45) is 5.92 Å². The Kier molecular flexibility index (Phi) is 3.62. The van der Waals surface area contributed by atoms with Crippen LogP contribution in [0.15, 0.2) is 24.3 Å². The van der Waals surface area contributed by atoms with Crippen LogP contribution < -0.4 is 0 Å². The fourth-order valence-electron chi connectivity index (χ4n) is 2.24. The Balaban J connectivity index is 2.14. The van der Waals surface area contributed by atoms with Crippen molar-refractivity contribution < 1.29 is 9.90 Å². The summed E-state index contributed by atoms with van der Waals surface area (Å²) in [7, 11) is 0. The molecule has 0 amide bonds. The molecule has 0 aromatic heterocycles. The molecule has 0 unspecified atom stereocenters. The van der Waals surface area contributed by atoms with E-state index in [0.717, 1.165) is 24.8 Å². The summed E-state index contributed by atoms with van der Waals surface area (Å²) in [5.74, 6) is -0.0383. The lowest BCUT2D eigenvalue weighted by Gasteiger charge is -2.25. The lowest BCUT2D eigenvalue weighted by atomic mass is 9.82. The second-order valence-electron chi connectivity index (χ2n) is 4.31. The Hall–Kier alpha value is -0.860. The second-order valence-corrected chi connectivity index (χ2v) is 4.75. The third-order valence-electron chi connectivity index (χ3n) is 3.19. The number of rotatable bonds is 2. The van der Waals surface area contributed by atoms with Gasteiger partial charge in [0.1, 0.15) is 5.78 Å². The maximum absolute atomic E-state index is 11.7. The fourth-order valence-corrected chi connectivity index (χ4v) is 2.36. The average molecular weight is 239 g/mol. The second kappa shape index (κ2) is 4.98. The predicted octanol–water partition coefficient (Wildman–Crippen LogP) is 3.13. The smallest absolute Gasteiger partial charge is 0.138 e. The summed E-state index contributed by atoms with van der Waals surface area (Å²) in [4.78, 5) is 11.7. The number of halogens is 1. The summed E-state index contributed by atoms with van der Waals surface area (Å²) in [6.45, 7) is 0. The summed E-state index contributed by atoms with van der Waals surface area (Å²) >= 11 is 5.78. The van der Waals surface area contributed by atoms with E-state index in [1.807, 2.05) is 0 Å². The molecular weight excluding hydrogens is 224 g/mol. The predicted molar refractivity (Wildman–Crippen MR) is 63.4 cm³/mol. The highest BCUT2D eigenvalue weighted by Crippen LogP contribution is 2.32. The van der Waals surface area contributed by atoms with E-state index >= 15 is 0 Å². The van der Waals surface area contributed by atoms with Crippen LogP contribution in [-0.4, -0.2) is 10.9 Å². The van der Waals surface area contributed by atoms with Crippen LogP contribution in [-0.2, 0) is 4.79 Å². The van der Waals surface area contributed by atoms with Crippen LogP contribution in [0.5, 0.6) is 0 Å². The van der Waals surface area contributed by atoms with Crippen LogP contribution in [0.3, 0.4) is 0 Å². The summed E-state index contributed by atoms with van der Waals surface area (Å²) in [6, 6.07) is 7.06. The molecule has 1 N–H and O–H groups in total. The van der Waals surface area contributed by atoms with Gasteiger partial charge in [-0.3, -0.25) is 4.79 Å². The summed E-state index contributed by atoms with van der Waals surface area (Å²) in [5.41, 5.74) is 0.782. The highest BCUT2D eigenvalue weighted by atomic mass is 35.5. The molecular formula is C13H15ClO2. The first-order valence-corrected chi connectivity index (χ1v) is 6.02. The van der Waals surface area contributed by atoms with Gasteiger partial charge in [-0.15, -0.1) is 0 Å². The van der Waals surface area contributed by atoms with Gasteiger partial charge in [0.2, 0.25) is 0 Å². The van der Waals surface area contributed by atoms with Crippen molar-refractivity contribution in [3.8, 4) is 0 Å². The molecule has 86 valence electrons. The van der Waals surface area contributed by atoms with Gasteiger partial charge in [-0.1, -0.05) is 30.2 Å². The van der Waals surface area contributed by atoms with Gasteiger partial charge in [-0.25, -0.2) is 0 Å². The fraction of sp³-hybridized carbons (Fsp3) is 0.462. The van der Waals surface area contributed by atoms with Gasteiger partial charge >= 0.3 is 0 Å². The third kappa shape index (κ3) is 2.45. The van der Waals surface area contributed by atoms with E-state index in [2.05, 4.69) is 0 Å². The lowest BCUT2D eigenvalue weighted by Crippen LogP contribution is -2.25. The van der Waals surface area contributed by atoms with Crippen molar-refractivity contribution in [3.63, 3.8) is 0 Å². The molecule has 0 radical (unpaired) electrons. The average Bonchev–Trinajstić information content (AvgIpc) is 2.30. The van der Waals surface area contributed by atoms with Crippen molar-refractivity contribution in [2.75, 3.05) is 0 Å². The van der Waals surface area contributed by atoms with E-state index < -0.39 is 6.10 Å². The number of carbonyl (C=O) groups is 1. The van der Waals surface area contributed by atoms with Crippen molar-refractivity contribution in [1.29, 1.82) is 0 Å². The van der Waals surface area contributed by atoms with Crippen LogP contribution in [0.4, 0.5) is 0 Å². The number of hydrogen-bond donors (Lipinski definition) is 1. The normalized spacial score (nSPS) is 23.1. The molecule has 1 aromatic rings. The maximum Gasteiger partial charge on any atom is 0.138 e. The number of carbonyl (C=O) groups excluding carboxylic acids is 1. The monoisotopic (exact) mass is 238 g/mol. The minimum absolute atomic E-state index is 0.189. The molecule has 1 aliphatic rings. The largest absolute Gasteiger partial charge is 0.388 e. The maximum atomic E-state index is 11.7. The van der Waals surface area contributed by atoms with E-state index in [1.54, 1.807) is 24.3 Å². The van der Waals surface area contributed by atoms with E-state index in [0.29, 0.717) is 11.4 Å². The minimum atomic E-state index is -0.676. The molecule has 16 heavy (non-hydrogen) atoms. The molecule has 3 heteroatoms. The molecule has 1 fully saturated rings. The van der Waals surface area contributed by atoms with Crippen molar-refractivity contribution >= 4 is 17.4 Å². The van der Waals surface area contributed by atoms with Gasteiger partial charge in [0.25, 0.3) is 0 Å². The van der Waals surface area contributed by atoms with Gasteiger partial charge in [-0.2, -0.15) is 0 Å². The molecule has 2 rings (SSSR count). The summed E-state index contributed by atoms with van der Waals surface area (Å²) in [5, 5.41) is 10.8. The molecule has 0 spiro atoms. The summed E-state index contributed by atoms with van der Waals surface area (Å²) in [6.07, 6.45) is 2.71. The number of hydrogen-bond acceptors (Lipinski definition) is 2. The summed E-state index contributed by atoms with van der Waals surface area (Å²) < 4.78 is 0. The number of aliphatic hydroxyl groups is 1. The topological polar surface area (TPSA) is 37.3 Å². The van der Waals surface area contributed by atoms with E-state index in [-0.39, 0.29) is 11.7 Å². The number of benzene rings is 1. The zero-order valence-electron chi connectivity index (χ0n) is 9.03. The molecule has 1 aliphatic carbocycles. The Morgan fingerprint density at radius 3 is 2.56 bits per heavy atom. The van der Waals surface area contributed by atoms with Crippen LogP contribution in [0.1, 0.15) is 37.4 Å². The number of ketones is 1. The van der Waals surface area contributed by atoms with Gasteiger partial charge in [0.15, 0.2) is 0 Å². The van der Waals surface area contributed by atoms with Crippen LogP contribution in [0.25, 0.3) is 0 Å². The van der Waals surface area contributed by atoms with E-state index in [1.165, 1.54) is 0 Å². The molecule has 0 saturated heterocycles. The zero-order valence-corrected chi connectivity index (χ0v) is 9.78. The molecule has 2 nitrogen and oxygen atoms in total. The first-order chi connectivity index (χ1) is 7.68. The number of Topliss-reactive ketones (excluding diaryl/α,β-unsaturated/α-hetero) is 1. The lowest BCUT2D eigenvalue weighted by molar-refractivity contribution is -0.128. The highest BCUT2D eigenvalue weighted by Gasteiger charge is 2.29. The Bertz CT molecular complexity index is 372. The van der Waals surface area contributed by atoms with Crippen molar-refractivity contribution in [3.05, 3.63) is 34.9 Å².